The molecule has 116 valence electrons. The van der Waals surface area contributed by atoms with E-state index in [0.29, 0.717) is 0 Å². The van der Waals surface area contributed by atoms with Crippen molar-refractivity contribution in [2.45, 2.75) is 19.2 Å². The number of ether oxygens (including phenoxy) is 1. The molecule has 0 aromatic heterocycles. The Kier molecular flexibility index (Phi) is 5.59. The zero-order chi connectivity index (χ0) is 15.0. The van der Waals surface area contributed by atoms with Crippen molar-refractivity contribution in [3.8, 4) is 0 Å². The number of hydrogen-bond acceptors (Lipinski definition) is 3. The first-order chi connectivity index (χ1) is 10.9. The van der Waals surface area contributed by atoms with E-state index in [9.17, 15) is 0 Å². The predicted molar refractivity (Wildman–Crippen MR) is 89.6 cm³/mol. The molecule has 0 bridgehead atoms. The third kappa shape index (κ3) is 4.67. The van der Waals surface area contributed by atoms with Crippen LogP contribution in [0.3, 0.4) is 0 Å². The van der Waals surface area contributed by atoms with Gasteiger partial charge in [0.2, 0.25) is 0 Å². The summed E-state index contributed by atoms with van der Waals surface area (Å²) in [7, 11) is 0. The number of rotatable bonds is 6. The van der Waals surface area contributed by atoms with Gasteiger partial charge in [0.05, 0.1) is 12.7 Å². The predicted octanol–water partition coefficient (Wildman–Crippen LogP) is 2.68. The van der Waals surface area contributed by atoms with Crippen molar-refractivity contribution in [2.24, 2.45) is 0 Å². The summed E-state index contributed by atoms with van der Waals surface area (Å²) in [5.74, 6) is 0. The zero-order valence-electron chi connectivity index (χ0n) is 12.9. The molecule has 0 aliphatic carbocycles. The summed E-state index contributed by atoms with van der Waals surface area (Å²) in [5, 5.41) is 3.42. The Bertz CT molecular complexity index is 496. The minimum atomic E-state index is 0.279. The Balaban J connectivity index is 1.66. The number of nitrogens with zero attached hydrogens (tertiary/aromatic N) is 1. The van der Waals surface area contributed by atoms with Crippen LogP contribution in [0.15, 0.2) is 60.7 Å². The maximum absolute atomic E-state index is 5.88. The fourth-order valence-electron chi connectivity index (χ4n) is 2.89. The van der Waals surface area contributed by atoms with E-state index in [-0.39, 0.29) is 6.10 Å². The zero-order valence-corrected chi connectivity index (χ0v) is 12.9. The highest BCUT2D eigenvalue weighted by Gasteiger charge is 2.18. The topological polar surface area (TPSA) is 24.5 Å². The van der Waals surface area contributed by atoms with Gasteiger partial charge in [0, 0.05) is 32.7 Å². The second kappa shape index (κ2) is 8.08. The van der Waals surface area contributed by atoms with Gasteiger partial charge in [-0.3, -0.25) is 4.90 Å². The molecule has 0 spiro atoms. The van der Waals surface area contributed by atoms with Crippen molar-refractivity contribution in [1.29, 1.82) is 0 Å². The molecule has 1 aliphatic rings. The minimum absolute atomic E-state index is 0.279. The second-order valence-electron chi connectivity index (χ2n) is 5.84. The van der Waals surface area contributed by atoms with Gasteiger partial charge in [-0.1, -0.05) is 60.7 Å². The maximum Gasteiger partial charge on any atom is 0.0826 e. The first-order valence-electron chi connectivity index (χ1n) is 8.03. The number of benzene rings is 2. The molecule has 3 nitrogen and oxygen atoms in total. The summed E-state index contributed by atoms with van der Waals surface area (Å²) in [6.45, 7) is 5.59. The summed E-state index contributed by atoms with van der Waals surface area (Å²) in [5.41, 5.74) is 2.70. The normalized spacial score (nSPS) is 18.5. The van der Waals surface area contributed by atoms with Crippen LogP contribution in [0.4, 0.5) is 0 Å². The lowest BCUT2D eigenvalue weighted by Gasteiger charge is -2.30. The van der Waals surface area contributed by atoms with Gasteiger partial charge in [0.1, 0.15) is 0 Å². The monoisotopic (exact) mass is 296 g/mol. The van der Waals surface area contributed by atoms with Crippen LogP contribution < -0.4 is 5.32 Å². The third-order valence-corrected chi connectivity index (χ3v) is 3.96. The Morgan fingerprint density at radius 3 is 2.00 bits per heavy atom. The van der Waals surface area contributed by atoms with Gasteiger partial charge in [0.25, 0.3) is 0 Å². The van der Waals surface area contributed by atoms with Crippen LogP contribution in [-0.2, 0) is 17.8 Å². The first kappa shape index (κ1) is 15.2. The van der Waals surface area contributed by atoms with E-state index in [4.69, 9.17) is 4.74 Å². The Morgan fingerprint density at radius 1 is 0.909 bits per heavy atom. The summed E-state index contributed by atoms with van der Waals surface area (Å²) in [6.07, 6.45) is 0.279. The lowest BCUT2D eigenvalue weighted by atomic mass is 10.1. The molecule has 3 rings (SSSR count). The molecule has 1 heterocycles. The molecule has 3 heteroatoms. The van der Waals surface area contributed by atoms with Gasteiger partial charge in [-0.2, -0.15) is 0 Å². The maximum atomic E-state index is 5.88. The van der Waals surface area contributed by atoms with Gasteiger partial charge in [-0.05, 0) is 11.1 Å². The lowest BCUT2D eigenvalue weighted by molar-refractivity contribution is 0.00228. The molecule has 1 fully saturated rings. The van der Waals surface area contributed by atoms with Gasteiger partial charge < -0.3 is 10.1 Å². The SMILES string of the molecule is c1ccc(CN(Cc2ccccc2)CC2CNCCO2)cc1. The van der Waals surface area contributed by atoms with E-state index in [1.54, 1.807) is 0 Å². The van der Waals surface area contributed by atoms with E-state index < -0.39 is 0 Å². The van der Waals surface area contributed by atoms with Crippen LogP contribution in [0.2, 0.25) is 0 Å². The molecular formula is C19H24N2O. The molecule has 0 radical (unpaired) electrons. The Labute approximate surface area is 132 Å². The van der Waals surface area contributed by atoms with E-state index in [1.807, 2.05) is 0 Å². The molecule has 2 aromatic rings. The molecule has 0 saturated carbocycles. The lowest BCUT2D eigenvalue weighted by Crippen LogP contribution is -2.45. The highest BCUT2D eigenvalue weighted by atomic mass is 16.5. The average Bonchev–Trinajstić information content (AvgIpc) is 2.57. The Morgan fingerprint density at radius 2 is 1.50 bits per heavy atom. The highest BCUT2D eigenvalue weighted by Crippen LogP contribution is 2.12. The molecule has 0 amide bonds. The molecule has 1 aliphatic heterocycles. The van der Waals surface area contributed by atoms with Crippen LogP contribution in [0.25, 0.3) is 0 Å². The van der Waals surface area contributed by atoms with E-state index >= 15 is 0 Å². The van der Waals surface area contributed by atoms with Crippen molar-refractivity contribution in [2.75, 3.05) is 26.2 Å². The number of nitrogens with one attached hydrogen (secondary N) is 1. The quantitative estimate of drug-likeness (QED) is 0.887. The van der Waals surface area contributed by atoms with Crippen molar-refractivity contribution in [3.05, 3.63) is 71.8 Å². The fraction of sp³-hybridized carbons (Fsp3) is 0.368. The van der Waals surface area contributed by atoms with Crippen LogP contribution in [0.1, 0.15) is 11.1 Å². The second-order valence-corrected chi connectivity index (χ2v) is 5.84. The van der Waals surface area contributed by atoms with Gasteiger partial charge >= 0.3 is 0 Å². The van der Waals surface area contributed by atoms with E-state index in [1.165, 1.54) is 11.1 Å². The third-order valence-electron chi connectivity index (χ3n) is 3.96. The van der Waals surface area contributed by atoms with Crippen LogP contribution >= 0.6 is 0 Å². The van der Waals surface area contributed by atoms with Gasteiger partial charge in [-0.25, -0.2) is 0 Å². The molecule has 2 aromatic carbocycles. The van der Waals surface area contributed by atoms with E-state index in [0.717, 1.165) is 39.3 Å². The minimum Gasteiger partial charge on any atom is -0.374 e. The molecule has 1 N–H and O–H groups in total. The van der Waals surface area contributed by atoms with Crippen molar-refractivity contribution in [1.82, 2.24) is 10.2 Å². The van der Waals surface area contributed by atoms with Crippen molar-refractivity contribution >= 4 is 0 Å². The number of morpholine rings is 1. The largest absolute Gasteiger partial charge is 0.374 e. The molecule has 1 unspecified atom stereocenters. The summed E-state index contributed by atoms with van der Waals surface area (Å²) in [4.78, 5) is 2.47. The molecule has 1 atom stereocenters. The standard InChI is InChI=1S/C19H24N2O/c1-3-7-17(8-4-1)14-21(15-18-9-5-2-6-10-18)16-19-13-20-11-12-22-19/h1-10,19-20H,11-16H2. The fourth-order valence-corrected chi connectivity index (χ4v) is 2.89. The van der Waals surface area contributed by atoms with Gasteiger partial charge in [0.15, 0.2) is 0 Å². The number of hydrogen-bond donors (Lipinski definition) is 1. The van der Waals surface area contributed by atoms with Crippen LogP contribution in [0, 0.1) is 0 Å². The van der Waals surface area contributed by atoms with Gasteiger partial charge in [-0.15, -0.1) is 0 Å². The molecule has 22 heavy (non-hydrogen) atoms. The smallest absolute Gasteiger partial charge is 0.0826 e. The highest BCUT2D eigenvalue weighted by molar-refractivity contribution is 5.17. The van der Waals surface area contributed by atoms with Crippen molar-refractivity contribution < 1.29 is 4.74 Å². The summed E-state index contributed by atoms with van der Waals surface area (Å²) >= 11 is 0. The average molecular weight is 296 g/mol. The van der Waals surface area contributed by atoms with Crippen LogP contribution in [0.5, 0.6) is 0 Å². The molecular weight excluding hydrogens is 272 g/mol. The van der Waals surface area contributed by atoms with E-state index in [2.05, 4.69) is 70.9 Å². The van der Waals surface area contributed by atoms with Crippen LogP contribution in [-0.4, -0.2) is 37.2 Å². The Hall–Kier alpha value is -1.68. The van der Waals surface area contributed by atoms with Crippen molar-refractivity contribution in [3.63, 3.8) is 0 Å². The summed E-state index contributed by atoms with van der Waals surface area (Å²) < 4.78 is 5.88. The molecule has 1 saturated heterocycles. The first-order valence-corrected chi connectivity index (χ1v) is 8.03. The summed E-state index contributed by atoms with van der Waals surface area (Å²) in [6, 6.07) is 21.3.